The Bertz CT molecular complexity index is 557. The van der Waals surface area contributed by atoms with Crippen LogP contribution >= 0.6 is 22.7 Å². The molecule has 0 amide bonds. The lowest BCUT2D eigenvalue weighted by atomic mass is 10.3. The highest BCUT2D eigenvalue weighted by Gasteiger charge is 2.24. The van der Waals surface area contributed by atoms with E-state index < -0.39 is 0 Å². The molecule has 0 bridgehead atoms. The molecule has 0 radical (unpaired) electrons. The van der Waals surface area contributed by atoms with Crippen LogP contribution in [0.25, 0.3) is 0 Å². The Morgan fingerprint density at radius 1 is 1.35 bits per heavy atom. The van der Waals surface area contributed by atoms with E-state index in [2.05, 4.69) is 15.7 Å². The van der Waals surface area contributed by atoms with Crippen LogP contribution in [0.2, 0.25) is 0 Å². The van der Waals surface area contributed by atoms with Crippen LogP contribution in [0.5, 0.6) is 0 Å². The van der Waals surface area contributed by atoms with Gasteiger partial charge in [0.25, 0.3) is 0 Å². The van der Waals surface area contributed by atoms with Gasteiger partial charge in [0.2, 0.25) is 0 Å². The first-order valence-electron chi connectivity index (χ1n) is 6.90. The van der Waals surface area contributed by atoms with Crippen LogP contribution in [-0.4, -0.2) is 30.2 Å². The first kappa shape index (κ1) is 14.1. The summed E-state index contributed by atoms with van der Waals surface area (Å²) < 4.78 is 5.13. The van der Waals surface area contributed by atoms with Gasteiger partial charge < -0.3 is 4.74 Å². The van der Waals surface area contributed by atoms with E-state index in [1.807, 2.05) is 18.3 Å². The van der Waals surface area contributed by atoms with Gasteiger partial charge in [-0.3, -0.25) is 5.32 Å². The number of hydrogen-bond donors (Lipinski definition) is 1. The van der Waals surface area contributed by atoms with Crippen molar-refractivity contribution in [3.63, 3.8) is 0 Å². The van der Waals surface area contributed by atoms with Crippen molar-refractivity contribution in [2.24, 2.45) is 0 Å². The number of rotatable bonds is 6. The molecule has 3 rings (SSSR count). The lowest BCUT2D eigenvalue weighted by molar-refractivity contribution is 0.197. The second kappa shape index (κ2) is 6.30. The minimum absolute atomic E-state index is 0.111. The minimum Gasteiger partial charge on any atom is -0.383 e. The molecule has 1 N–H and O–H groups in total. The molecule has 1 unspecified atom stereocenters. The van der Waals surface area contributed by atoms with E-state index in [-0.39, 0.29) is 6.04 Å². The molecule has 4 nitrogen and oxygen atoms in total. The number of ether oxygens (including phenoxy) is 1. The molecule has 0 saturated carbocycles. The second-order valence-electron chi connectivity index (χ2n) is 4.98. The summed E-state index contributed by atoms with van der Waals surface area (Å²) in [7, 11) is 1.72. The third-order valence-electron chi connectivity index (χ3n) is 3.40. The number of thiazole rings is 2. The Kier molecular flexibility index (Phi) is 4.45. The van der Waals surface area contributed by atoms with Crippen molar-refractivity contribution in [3.8, 4) is 0 Å². The Morgan fingerprint density at radius 3 is 2.95 bits per heavy atom. The number of aryl methyl sites for hydroxylation is 3. The summed E-state index contributed by atoms with van der Waals surface area (Å²) in [6.45, 7) is 3.55. The van der Waals surface area contributed by atoms with Crippen LogP contribution in [0.1, 0.15) is 38.7 Å². The van der Waals surface area contributed by atoms with E-state index in [9.17, 15) is 0 Å². The Morgan fingerprint density at radius 2 is 2.25 bits per heavy atom. The zero-order chi connectivity index (χ0) is 13.9. The lowest BCUT2D eigenvalue weighted by Crippen LogP contribution is -2.26. The van der Waals surface area contributed by atoms with Gasteiger partial charge >= 0.3 is 0 Å². The van der Waals surface area contributed by atoms with E-state index in [1.54, 1.807) is 18.4 Å². The largest absolute Gasteiger partial charge is 0.383 e. The van der Waals surface area contributed by atoms with Crippen LogP contribution in [0.15, 0.2) is 5.38 Å². The van der Waals surface area contributed by atoms with Crippen molar-refractivity contribution in [2.45, 2.75) is 32.2 Å². The number of methoxy groups -OCH3 is 1. The molecule has 20 heavy (non-hydrogen) atoms. The molecule has 6 heteroatoms. The fourth-order valence-corrected chi connectivity index (χ4v) is 4.60. The molecule has 2 aromatic rings. The highest BCUT2D eigenvalue weighted by Crippen LogP contribution is 2.34. The predicted octanol–water partition coefficient (Wildman–Crippen LogP) is 2.72. The van der Waals surface area contributed by atoms with Crippen molar-refractivity contribution in [1.29, 1.82) is 0 Å². The summed E-state index contributed by atoms with van der Waals surface area (Å²) in [6, 6.07) is 0.111. The average molecular weight is 309 g/mol. The monoisotopic (exact) mass is 309 g/mol. The van der Waals surface area contributed by atoms with Crippen LogP contribution in [0.3, 0.4) is 0 Å². The summed E-state index contributed by atoms with van der Waals surface area (Å²) in [5.74, 6) is 0. The maximum Gasteiger partial charge on any atom is 0.117 e. The molecular formula is C14H19N3OS2. The van der Waals surface area contributed by atoms with Gasteiger partial charge in [0.1, 0.15) is 16.1 Å². The molecule has 2 aromatic heterocycles. The van der Waals surface area contributed by atoms with Crippen LogP contribution in [0.4, 0.5) is 0 Å². The zero-order valence-electron chi connectivity index (χ0n) is 11.8. The number of nitrogens with one attached hydrogen (secondary N) is 1. The Hall–Kier alpha value is -0.820. The molecule has 1 aliphatic carbocycles. The van der Waals surface area contributed by atoms with E-state index in [0.29, 0.717) is 6.61 Å². The SMILES string of the molecule is COCCNC(c1nc(C)cs1)c1nc2c(s1)CCC2. The van der Waals surface area contributed by atoms with Crippen molar-refractivity contribution >= 4 is 22.7 Å². The van der Waals surface area contributed by atoms with Gasteiger partial charge in [-0.15, -0.1) is 22.7 Å². The zero-order valence-corrected chi connectivity index (χ0v) is 13.4. The van der Waals surface area contributed by atoms with Crippen molar-refractivity contribution in [3.05, 3.63) is 31.7 Å². The van der Waals surface area contributed by atoms with Crippen molar-refractivity contribution < 1.29 is 4.74 Å². The summed E-state index contributed by atoms with van der Waals surface area (Å²) in [5.41, 5.74) is 2.38. The van der Waals surface area contributed by atoms with Crippen LogP contribution in [0, 0.1) is 6.92 Å². The van der Waals surface area contributed by atoms with Crippen LogP contribution < -0.4 is 5.32 Å². The van der Waals surface area contributed by atoms with Gasteiger partial charge in [0.05, 0.1) is 12.3 Å². The summed E-state index contributed by atoms with van der Waals surface area (Å²) >= 11 is 3.55. The molecule has 0 aliphatic heterocycles. The van der Waals surface area contributed by atoms with E-state index in [0.717, 1.165) is 28.7 Å². The molecular weight excluding hydrogens is 290 g/mol. The summed E-state index contributed by atoms with van der Waals surface area (Å²) in [5, 5.41) is 7.88. The highest BCUT2D eigenvalue weighted by atomic mass is 32.1. The Balaban J connectivity index is 1.83. The van der Waals surface area contributed by atoms with Crippen LogP contribution in [-0.2, 0) is 17.6 Å². The first-order valence-corrected chi connectivity index (χ1v) is 8.60. The van der Waals surface area contributed by atoms with Gasteiger partial charge in [-0.05, 0) is 26.2 Å². The van der Waals surface area contributed by atoms with Gasteiger partial charge in [-0.1, -0.05) is 0 Å². The molecule has 0 fully saturated rings. The number of fused-ring (bicyclic) bond motifs is 1. The number of nitrogens with zero attached hydrogens (tertiary/aromatic N) is 2. The number of aromatic nitrogens is 2. The molecule has 2 heterocycles. The average Bonchev–Trinajstić information content (AvgIpc) is 3.10. The van der Waals surface area contributed by atoms with E-state index in [4.69, 9.17) is 9.72 Å². The third-order valence-corrected chi connectivity index (χ3v) is 5.65. The molecule has 1 aliphatic rings. The van der Waals surface area contributed by atoms with Gasteiger partial charge in [0.15, 0.2) is 0 Å². The summed E-state index contributed by atoms with van der Waals surface area (Å²) in [6.07, 6.45) is 3.58. The smallest absolute Gasteiger partial charge is 0.117 e. The quantitative estimate of drug-likeness (QED) is 0.834. The molecule has 0 aromatic carbocycles. The fraction of sp³-hybridized carbons (Fsp3) is 0.571. The van der Waals surface area contributed by atoms with E-state index >= 15 is 0 Å². The second-order valence-corrected chi connectivity index (χ2v) is 6.99. The highest BCUT2D eigenvalue weighted by molar-refractivity contribution is 7.12. The molecule has 108 valence electrons. The van der Waals surface area contributed by atoms with E-state index in [1.165, 1.54) is 23.4 Å². The predicted molar refractivity (Wildman–Crippen MR) is 82.7 cm³/mol. The maximum absolute atomic E-state index is 5.13. The molecule has 0 saturated heterocycles. The fourth-order valence-electron chi connectivity index (χ4n) is 2.42. The minimum atomic E-state index is 0.111. The Labute approximate surface area is 127 Å². The molecule has 1 atom stereocenters. The topological polar surface area (TPSA) is 47.0 Å². The maximum atomic E-state index is 5.13. The van der Waals surface area contributed by atoms with Gasteiger partial charge in [-0.25, -0.2) is 9.97 Å². The van der Waals surface area contributed by atoms with Crippen molar-refractivity contribution in [2.75, 3.05) is 20.3 Å². The van der Waals surface area contributed by atoms with Gasteiger partial charge in [-0.2, -0.15) is 0 Å². The normalized spacial score (nSPS) is 15.5. The lowest BCUT2D eigenvalue weighted by Gasteiger charge is -2.13. The summed E-state index contributed by atoms with van der Waals surface area (Å²) in [4.78, 5) is 10.9. The third kappa shape index (κ3) is 2.93. The number of hydrogen-bond acceptors (Lipinski definition) is 6. The standard InChI is InChI=1S/C14H19N3OS2/c1-9-8-19-13(16-9)12(15-6-7-18-2)14-17-10-4-3-5-11(10)20-14/h8,12,15H,3-7H2,1-2H3. The van der Waals surface area contributed by atoms with Crippen molar-refractivity contribution in [1.82, 2.24) is 15.3 Å². The molecule has 0 spiro atoms. The first-order chi connectivity index (χ1) is 9.78. The van der Waals surface area contributed by atoms with Gasteiger partial charge in [0, 0.05) is 29.6 Å².